The molecule has 1 saturated carbocycles. The highest BCUT2D eigenvalue weighted by Gasteiger charge is 2.63. The molecule has 1 spiro atoms. The molecule has 3 N–H and O–H groups in total. The molecule has 5 rings (SSSR count). The number of aliphatic carboxylic acids is 1. The largest absolute Gasteiger partial charge is 0.479 e. The monoisotopic (exact) mass is 614 g/mol. The van der Waals surface area contributed by atoms with Gasteiger partial charge in [0.15, 0.2) is 5.60 Å². The minimum atomic E-state index is -1.39. The van der Waals surface area contributed by atoms with Crippen LogP contribution in [0.5, 0.6) is 0 Å². The predicted molar refractivity (Wildman–Crippen MR) is 159 cm³/mol. The molecule has 1 aromatic carbocycles. The molecule has 12 heteroatoms. The summed E-state index contributed by atoms with van der Waals surface area (Å²) in [4.78, 5) is 60.6. The fourth-order valence-corrected chi connectivity index (χ4v) is 6.42. The minimum absolute atomic E-state index is 0.0367. The summed E-state index contributed by atoms with van der Waals surface area (Å²) in [5, 5.41) is 20.4. The van der Waals surface area contributed by atoms with E-state index in [1.807, 2.05) is 18.2 Å². The molecule has 11 nitrogen and oxygen atoms in total. The average molecular weight is 615 g/mol. The lowest BCUT2D eigenvalue weighted by Gasteiger charge is -2.30. The highest BCUT2D eigenvalue weighted by atomic mass is 35.5. The van der Waals surface area contributed by atoms with Gasteiger partial charge < -0.3 is 30.2 Å². The van der Waals surface area contributed by atoms with Crippen LogP contribution < -0.4 is 10.6 Å². The number of nitrogens with one attached hydrogen (secondary N) is 2. The lowest BCUT2D eigenvalue weighted by atomic mass is 9.91. The van der Waals surface area contributed by atoms with Crippen molar-refractivity contribution in [3.8, 4) is 0 Å². The lowest BCUT2D eigenvalue weighted by Crippen LogP contribution is -2.56. The Morgan fingerprint density at radius 3 is 2.72 bits per heavy atom. The Hall–Kier alpha value is -3.60. The van der Waals surface area contributed by atoms with E-state index in [2.05, 4.69) is 15.8 Å². The van der Waals surface area contributed by atoms with Crippen molar-refractivity contribution >= 4 is 41.2 Å². The van der Waals surface area contributed by atoms with Gasteiger partial charge in [0, 0.05) is 23.4 Å². The molecule has 0 radical (unpaired) electrons. The lowest BCUT2D eigenvalue weighted by molar-refractivity contribution is -0.146. The smallest absolute Gasteiger partial charge is 0.408 e. The zero-order valence-electron chi connectivity index (χ0n) is 24.7. The Labute approximate surface area is 256 Å². The van der Waals surface area contributed by atoms with Gasteiger partial charge in [-0.05, 0) is 70.9 Å². The third-order valence-corrected chi connectivity index (χ3v) is 8.74. The van der Waals surface area contributed by atoms with Crippen molar-refractivity contribution in [2.45, 2.75) is 101 Å². The molecule has 1 aromatic rings. The van der Waals surface area contributed by atoms with Crippen molar-refractivity contribution < 1.29 is 33.9 Å². The fraction of sp³-hybridized carbons (Fsp3) is 0.581. The van der Waals surface area contributed by atoms with Crippen LogP contribution in [0.1, 0.15) is 77.7 Å². The summed E-state index contributed by atoms with van der Waals surface area (Å²) in [6.07, 6.45) is 7.02. The van der Waals surface area contributed by atoms with Crippen LogP contribution in [-0.4, -0.2) is 75.0 Å². The third kappa shape index (κ3) is 6.82. The van der Waals surface area contributed by atoms with Crippen LogP contribution in [0.4, 0.5) is 4.79 Å². The molecule has 3 heterocycles. The van der Waals surface area contributed by atoms with E-state index in [9.17, 15) is 24.3 Å². The summed E-state index contributed by atoms with van der Waals surface area (Å²) in [7, 11) is 0. The number of hydrogen-bond donors (Lipinski definition) is 3. The summed E-state index contributed by atoms with van der Waals surface area (Å²) >= 11 is 6.19. The van der Waals surface area contributed by atoms with Gasteiger partial charge in [0.2, 0.25) is 11.8 Å². The maximum absolute atomic E-state index is 14.2. The maximum atomic E-state index is 14.2. The molecule has 2 fully saturated rings. The number of ether oxygens (including phenoxy) is 1. The molecule has 0 aromatic heterocycles. The number of allylic oxidation sites excluding steroid dienone is 2. The number of carbonyl (C=O) groups excluding carboxylic acids is 3. The zero-order chi connectivity index (χ0) is 31.0. The van der Waals surface area contributed by atoms with Crippen molar-refractivity contribution in [2.24, 2.45) is 11.1 Å². The third-order valence-electron chi connectivity index (χ3n) is 8.51. The Morgan fingerprint density at radius 1 is 1.21 bits per heavy atom. The average Bonchev–Trinajstić information content (AvgIpc) is 3.27. The number of carbonyl (C=O) groups is 4. The number of oxime groups is 1. The van der Waals surface area contributed by atoms with Crippen LogP contribution >= 0.6 is 11.6 Å². The first-order valence-electron chi connectivity index (χ1n) is 14.8. The first kappa shape index (κ1) is 30.8. The van der Waals surface area contributed by atoms with Gasteiger partial charge in [0.05, 0.1) is 12.3 Å². The van der Waals surface area contributed by atoms with Gasteiger partial charge in [0.1, 0.15) is 23.2 Å². The Kier molecular flexibility index (Phi) is 8.48. The second-order valence-electron chi connectivity index (χ2n) is 13.0. The van der Waals surface area contributed by atoms with Gasteiger partial charge in [-0.1, -0.05) is 47.5 Å². The number of amides is 3. The van der Waals surface area contributed by atoms with Crippen molar-refractivity contribution in [1.29, 1.82) is 0 Å². The molecule has 5 atom stereocenters. The Morgan fingerprint density at radius 2 is 2.00 bits per heavy atom. The van der Waals surface area contributed by atoms with Gasteiger partial charge >= 0.3 is 12.1 Å². The number of benzene rings is 1. The molecular weight excluding hydrogens is 576 g/mol. The normalized spacial score (nSPS) is 31.1. The van der Waals surface area contributed by atoms with Crippen LogP contribution in [0.25, 0.3) is 0 Å². The highest BCUT2D eigenvalue weighted by Crippen LogP contribution is 2.47. The second-order valence-corrected chi connectivity index (χ2v) is 13.5. The van der Waals surface area contributed by atoms with E-state index in [-0.39, 0.29) is 18.9 Å². The molecule has 4 aliphatic rings. The minimum Gasteiger partial charge on any atom is -0.479 e. The van der Waals surface area contributed by atoms with Crippen molar-refractivity contribution in [3.63, 3.8) is 0 Å². The number of fused-ring (bicyclic) bond motifs is 2. The summed E-state index contributed by atoms with van der Waals surface area (Å²) in [5.41, 5.74) is -1.75. The van der Waals surface area contributed by atoms with Crippen LogP contribution in [-0.2, 0) is 24.0 Å². The van der Waals surface area contributed by atoms with E-state index in [0.29, 0.717) is 42.8 Å². The Balaban J connectivity index is 1.44. The van der Waals surface area contributed by atoms with Gasteiger partial charge in [-0.3, -0.25) is 9.59 Å². The second kappa shape index (κ2) is 11.8. The molecule has 1 saturated heterocycles. The summed E-state index contributed by atoms with van der Waals surface area (Å²) in [6.45, 7) is 5.25. The molecule has 3 amide bonds. The topological polar surface area (TPSA) is 147 Å². The van der Waals surface area contributed by atoms with Crippen LogP contribution in [0.15, 0.2) is 41.6 Å². The number of nitrogens with zero attached hydrogens (tertiary/aromatic N) is 2. The van der Waals surface area contributed by atoms with Crippen LogP contribution in [0, 0.1) is 5.92 Å². The van der Waals surface area contributed by atoms with Crippen molar-refractivity contribution in [3.05, 3.63) is 47.0 Å². The van der Waals surface area contributed by atoms with Crippen LogP contribution in [0.2, 0.25) is 5.02 Å². The van der Waals surface area contributed by atoms with Gasteiger partial charge in [-0.25, -0.2) is 9.59 Å². The molecule has 0 unspecified atom stereocenters. The molecule has 43 heavy (non-hydrogen) atoms. The number of alkyl carbamates (subject to hydrolysis) is 1. The standard InChI is InChI=1S/C31H39ClN4O7/c1-29(2,3)42-28(41)33-22-13-8-6-4-5-7-11-20-15-31(20,27(39)40)34-25(37)24-17-30(18-36(24)26(22)38)16-23(35-43-30)19-10-9-12-21(32)14-19/h5,7,9-10,12,14,20,22,24H,4,6,8,11,13,15-18H2,1-3H3,(H,33,41)(H,34,37)(H,39,40)/t20-,22+,24+,30+,31-/m1/s1. The van der Waals surface area contributed by atoms with E-state index in [4.69, 9.17) is 21.2 Å². The number of rotatable bonds is 3. The molecule has 3 aliphatic heterocycles. The van der Waals surface area contributed by atoms with Crippen LogP contribution in [0.3, 0.4) is 0 Å². The highest BCUT2D eigenvalue weighted by molar-refractivity contribution is 6.31. The quantitative estimate of drug-likeness (QED) is 0.433. The van der Waals surface area contributed by atoms with E-state index < -0.39 is 52.7 Å². The fourth-order valence-electron chi connectivity index (χ4n) is 6.23. The molecule has 1 aliphatic carbocycles. The van der Waals surface area contributed by atoms with E-state index in [1.54, 1.807) is 39.0 Å². The van der Waals surface area contributed by atoms with Gasteiger partial charge in [-0.2, -0.15) is 0 Å². The number of carboxylic acid groups (broad SMARTS) is 1. The number of hydrogen-bond acceptors (Lipinski definition) is 7. The summed E-state index contributed by atoms with van der Waals surface area (Å²) < 4.78 is 5.44. The molecule has 0 bridgehead atoms. The Bertz CT molecular complexity index is 1360. The number of carboxylic acids is 1. The van der Waals surface area contributed by atoms with Crippen molar-refractivity contribution in [2.75, 3.05) is 6.54 Å². The SMILES string of the molecule is CC(C)(C)OC(=O)N[C@H]1CCCCC=CC[C@@H]2C[C@@]2(C(=O)O)NC(=O)[C@@H]2C[C@@]3(CC(c4cccc(Cl)c4)=NO3)CN2C1=O. The first-order chi connectivity index (χ1) is 20.3. The summed E-state index contributed by atoms with van der Waals surface area (Å²) in [5.74, 6) is -2.35. The van der Waals surface area contributed by atoms with E-state index in [1.165, 1.54) is 4.90 Å². The van der Waals surface area contributed by atoms with Gasteiger partial charge in [-0.15, -0.1) is 0 Å². The van der Waals surface area contributed by atoms with E-state index >= 15 is 0 Å². The first-order valence-corrected chi connectivity index (χ1v) is 15.2. The maximum Gasteiger partial charge on any atom is 0.408 e. The predicted octanol–water partition coefficient (Wildman–Crippen LogP) is 4.18. The van der Waals surface area contributed by atoms with Gasteiger partial charge in [0.25, 0.3) is 0 Å². The number of halogens is 1. The molecular formula is C31H39ClN4O7. The van der Waals surface area contributed by atoms with E-state index in [0.717, 1.165) is 18.4 Å². The van der Waals surface area contributed by atoms with Crippen molar-refractivity contribution in [1.82, 2.24) is 15.5 Å². The molecule has 232 valence electrons. The summed E-state index contributed by atoms with van der Waals surface area (Å²) in [6, 6.07) is 5.21. The zero-order valence-corrected chi connectivity index (χ0v) is 25.5.